The second-order valence-corrected chi connectivity index (χ2v) is 12.0. The van der Waals surface area contributed by atoms with Crippen LogP contribution in [0.5, 0.6) is 23.0 Å². The molecule has 1 fully saturated rings. The van der Waals surface area contributed by atoms with Crippen molar-refractivity contribution in [1.82, 2.24) is 4.98 Å². The monoisotopic (exact) mass is 648 g/mol. The molecule has 1 aromatic heterocycles. The Balaban J connectivity index is 1.65. The summed E-state index contributed by atoms with van der Waals surface area (Å²) in [4.78, 5) is 46.2. The quantitative estimate of drug-likeness (QED) is 0.0818. The Morgan fingerprint density at radius 2 is 1.89 bits per heavy atom. The number of thiazole rings is 1. The van der Waals surface area contributed by atoms with E-state index in [0.717, 1.165) is 17.8 Å². The van der Waals surface area contributed by atoms with Gasteiger partial charge in [-0.15, -0.1) is 0 Å². The minimum Gasteiger partial charge on any atom is -0.507 e. The van der Waals surface area contributed by atoms with Crippen molar-refractivity contribution in [2.24, 2.45) is 5.92 Å². The number of aliphatic hydroxyl groups excluding tert-OH is 1. The molecular weight excluding hydrogens is 612 g/mol. The van der Waals surface area contributed by atoms with E-state index in [0.29, 0.717) is 66.6 Å². The third kappa shape index (κ3) is 6.57. The van der Waals surface area contributed by atoms with Gasteiger partial charge < -0.3 is 28.8 Å². The zero-order valence-corrected chi connectivity index (χ0v) is 27.0. The second-order valence-electron chi connectivity index (χ2n) is 11.0. The third-order valence-corrected chi connectivity index (χ3v) is 8.44. The molecule has 2 aliphatic heterocycles. The van der Waals surface area contributed by atoms with Gasteiger partial charge in [-0.25, -0.2) is 9.78 Å². The number of aryl methyl sites for hydroxylation is 1. The third-order valence-electron chi connectivity index (χ3n) is 7.31. The molecule has 1 amide bonds. The average molecular weight is 649 g/mol. The number of hydrogen-bond acceptors (Lipinski definition) is 11. The smallest absolute Gasteiger partial charge is 0.350 e. The van der Waals surface area contributed by atoms with Gasteiger partial charge in [-0.05, 0) is 62.1 Å². The Hall–Kier alpha value is -4.84. The van der Waals surface area contributed by atoms with E-state index < -0.39 is 29.5 Å². The zero-order valence-electron chi connectivity index (χ0n) is 26.2. The second kappa shape index (κ2) is 14.1. The molecule has 0 unspecified atom stereocenters. The number of anilines is 1. The molecule has 46 heavy (non-hydrogen) atoms. The fourth-order valence-electron chi connectivity index (χ4n) is 5.05. The lowest BCUT2D eigenvalue weighted by atomic mass is 9.95. The van der Waals surface area contributed by atoms with Crippen LogP contribution in [0.4, 0.5) is 5.13 Å². The van der Waals surface area contributed by atoms with E-state index in [4.69, 9.17) is 23.7 Å². The minimum atomic E-state index is -1.13. The lowest BCUT2D eigenvalue weighted by Crippen LogP contribution is -2.29. The fraction of sp³-hybridized carbons (Fsp3) is 0.353. The summed E-state index contributed by atoms with van der Waals surface area (Å²) in [5.41, 5.74) is 0.878. The number of ether oxygens (including phenoxy) is 5. The highest BCUT2D eigenvalue weighted by atomic mass is 32.1. The summed E-state index contributed by atoms with van der Waals surface area (Å²) in [5.74, 6) is -0.607. The van der Waals surface area contributed by atoms with Crippen LogP contribution in [-0.4, -0.2) is 60.8 Å². The van der Waals surface area contributed by atoms with Crippen LogP contribution in [0.2, 0.25) is 0 Å². The molecule has 1 saturated heterocycles. The summed E-state index contributed by atoms with van der Waals surface area (Å²) in [6.07, 6.45) is 2.28. The largest absolute Gasteiger partial charge is 0.507 e. The number of amides is 1. The molecule has 242 valence electrons. The van der Waals surface area contributed by atoms with Crippen molar-refractivity contribution in [3.05, 3.63) is 76.3 Å². The SMILES string of the molecule is C=CCOC(=O)c1sc(N2C(=O)C(=O)C(=C(O)c3ccc4c(c3)OCCO4)[C@H]2c2ccc(OCCC(C)C)c(OCC)c2)nc1C. The first-order valence-corrected chi connectivity index (χ1v) is 15.8. The minimum absolute atomic E-state index is 0.00263. The first-order valence-electron chi connectivity index (χ1n) is 15.0. The van der Waals surface area contributed by atoms with Crippen molar-refractivity contribution >= 4 is 39.9 Å². The maximum absolute atomic E-state index is 13.8. The summed E-state index contributed by atoms with van der Waals surface area (Å²) >= 11 is 0.915. The van der Waals surface area contributed by atoms with Crippen molar-refractivity contribution < 1.29 is 43.2 Å². The van der Waals surface area contributed by atoms with E-state index in [-0.39, 0.29) is 27.8 Å². The summed E-state index contributed by atoms with van der Waals surface area (Å²) < 4.78 is 28.4. The van der Waals surface area contributed by atoms with Gasteiger partial charge in [-0.3, -0.25) is 14.5 Å². The molecule has 0 spiro atoms. The number of benzene rings is 2. The average Bonchev–Trinajstić information content (AvgIpc) is 3.55. The van der Waals surface area contributed by atoms with Gasteiger partial charge in [0.1, 0.15) is 30.5 Å². The summed E-state index contributed by atoms with van der Waals surface area (Å²) in [5, 5.41) is 11.8. The number of Topliss-reactive ketones (excluding diaryl/α,β-unsaturated/α-hetero) is 1. The van der Waals surface area contributed by atoms with Gasteiger partial charge in [-0.2, -0.15) is 0 Å². The molecule has 11 nitrogen and oxygen atoms in total. The number of aromatic nitrogens is 1. The highest BCUT2D eigenvalue weighted by Crippen LogP contribution is 2.46. The molecule has 0 aliphatic carbocycles. The molecule has 3 aromatic rings. The van der Waals surface area contributed by atoms with E-state index in [1.54, 1.807) is 43.3 Å². The summed E-state index contributed by atoms with van der Waals surface area (Å²) in [7, 11) is 0. The van der Waals surface area contributed by atoms with E-state index in [9.17, 15) is 19.5 Å². The van der Waals surface area contributed by atoms with Crippen LogP contribution >= 0.6 is 11.3 Å². The number of ketones is 1. The van der Waals surface area contributed by atoms with E-state index in [1.165, 1.54) is 11.0 Å². The first kappa shape index (κ1) is 32.6. The molecule has 5 rings (SSSR count). The molecule has 3 heterocycles. The maximum atomic E-state index is 13.8. The molecule has 12 heteroatoms. The van der Waals surface area contributed by atoms with Crippen LogP contribution < -0.4 is 23.8 Å². The fourth-order valence-corrected chi connectivity index (χ4v) is 6.04. The molecule has 0 radical (unpaired) electrons. The lowest BCUT2D eigenvalue weighted by molar-refractivity contribution is -0.132. The van der Waals surface area contributed by atoms with Gasteiger partial charge in [0.05, 0.1) is 30.5 Å². The van der Waals surface area contributed by atoms with Gasteiger partial charge >= 0.3 is 11.9 Å². The van der Waals surface area contributed by atoms with Crippen molar-refractivity contribution in [2.45, 2.75) is 40.2 Å². The lowest BCUT2D eigenvalue weighted by Gasteiger charge is -2.24. The standard InChI is InChI=1S/C34H36N2O9S/c1-6-13-45-33(40)31-20(5)35-34(46-31)36-28(21-8-10-23(25(17-21)41-7-2)42-14-12-19(3)4)27(30(38)32(36)39)29(37)22-9-11-24-26(18-22)44-16-15-43-24/h6,8-11,17-19,28,37H,1,7,12-16H2,2-5H3/t28-/m1/s1. The molecule has 1 N–H and O–H groups in total. The Labute approximate surface area is 271 Å². The van der Waals surface area contributed by atoms with Gasteiger partial charge in [-0.1, -0.05) is 43.9 Å². The van der Waals surface area contributed by atoms with Crippen molar-refractivity contribution in [3.63, 3.8) is 0 Å². The van der Waals surface area contributed by atoms with Crippen molar-refractivity contribution in [1.29, 1.82) is 0 Å². The Morgan fingerprint density at radius 3 is 2.61 bits per heavy atom. The Morgan fingerprint density at radius 1 is 1.13 bits per heavy atom. The van der Waals surface area contributed by atoms with Gasteiger partial charge in [0.2, 0.25) is 0 Å². The van der Waals surface area contributed by atoms with E-state index in [2.05, 4.69) is 25.4 Å². The number of carbonyl (C=O) groups is 3. The van der Waals surface area contributed by atoms with Crippen molar-refractivity contribution in [3.8, 4) is 23.0 Å². The van der Waals surface area contributed by atoms with Crippen LogP contribution in [0.15, 0.2) is 54.6 Å². The van der Waals surface area contributed by atoms with Crippen LogP contribution in [-0.2, 0) is 14.3 Å². The number of hydrogen-bond donors (Lipinski definition) is 1. The van der Waals surface area contributed by atoms with Gasteiger partial charge in [0.15, 0.2) is 28.1 Å². The van der Waals surface area contributed by atoms with E-state index >= 15 is 0 Å². The molecule has 2 aliphatic rings. The maximum Gasteiger partial charge on any atom is 0.350 e. The Kier molecular flexibility index (Phi) is 9.96. The highest BCUT2D eigenvalue weighted by Gasteiger charge is 2.49. The van der Waals surface area contributed by atoms with Crippen LogP contribution in [0, 0.1) is 12.8 Å². The zero-order chi connectivity index (χ0) is 33.0. The topological polar surface area (TPSA) is 134 Å². The molecule has 0 saturated carbocycles. The van der Waals surface area contributed by atoms with Gasteiger partial charge in [0, 0.05) is 5.56 Å². The first-order chi connectivity index (χ1) is 22.1. The molecule has 2 aromatic carbocycles. The highest BCUT2D eigenvalue weighted by molar-refractivity contribution is 7.17. The summed E-state index contributed by atoms with van der Waals surface area (Å²) in [6.45, 7) is 12.7. The van der Waals surface area contributed by atoms with Gasteiger partial charge in [0.25, 0.3) is 5.78 Å². The van der Waals surface area contributed by atoms with Crippen LogP contribution in [0.25, 0.3) is 5.76 Å². The number of nitrogens with zero attached hydrogens (tertiary/aromatic N) is 2. The number of esters is 1. The number of rotatable bonds is 12. The van der Waals surface area contributed by atoms with Crippen LogP contribution in [0.3, 0.4) is 0 Å². The van der Waals surface area contributed by atoms with Crippen molar-refractivity contribution in [2.75, 3.05) is 37.9 Å². The number of carbonyl (C=O) groups excluding carboxylic acids is 3. The van der Waals surface area contributed by atoms with Crippen LogP contribution in [0.1, 0.15) is 59.7 Å². The normalized spacial score (nSPS) is 16.9. The number of fused-ring (bicyclic) bond motifs is 1. The predicted octanol–water partition coefficient (Wildman–Crippen LogP) is 6.02. The summed E-state index contributed by atoms with van der Waals surface area (Å²) in [6, 6.07) is 8.78. The Bertz CT molecular complexity index is 1690. The van der Waals surface area contributed by atoms with E-state index in [1.807, 2.05) is 6.92 Å². The molecule has 1 atom stereocenters. The predicted molar refractivity (Wildman–Crippen MR) is 172 cm³/mol. The molecule has 0 bridgehead atoms. The number of aliphatic hydroxyl groups is 1. The molecular formula is C34H36N2O9S.